The molecule has 2 aliphatic rings. The molecule has 30 heavy (non-hydrogen) atoms. The number of primary amides is 1. The minimum Gasteiger partial charge on any atom is -0.368 e. The van der Waals surface area contributed by atoms with Crippen LogP contribution in [0.15, 0.2) is 34.7 Å². The van der Waals surface area contributed by atoms with E-state index in [2.05, 4.69) is 0 Å². The number of halogens is 3. The Hall–Kier alpha value is -2.82. The molecule has 1 aromatic carbocycles. The predicted molar refractivity (Wildman–Crippen MR) is 102 cm³/mol. The van der Waals surface area contributed by atoms with E-state index in [0.717, 1.165) is 17.0 Å². The van der Waals surface area contributed by atoms with Gasteiger partial charge < -0.3 is 10.6 Å². The first-order chi connectivity index (χ1) is 14.0. The Kier molecular flexibility index (Phi) is 5.93. The van der Waals surface area contributed by atoms with Crippen LogP contribution in [-0.4, -0.2) is 51.9 Å². The van der Waals surface area contributed by atoms with Gasteiger partial charge in [0.15, 0.2) is 0 Å². The largest absolute Gasteiger partial charge is 0.417 e. The lowest BCUT2D eigenvalue weighted by molar-refractivity contribution is -0.138. The molecule has 4 amide bonds. The van der Waals surface area contributed by atoms with Gasteiger partial charge in [-0.3, -0.25) is 24.1 Å². The zero-order valence-electron chi connectivity index (χ0n) is 15.9. The molecule has 1 unspecified atom stereocenters. The van der Waals surface area contributed by atoms with Crippen LogP contribution in [0.4, 0.5) is 18.0 Å². The zero-order valence-corrected chi connectivity index (χ0v) is 16.7. The van der Waals surface area contributed by atoms with E-state index >= 15 is 0 Å². The van der Waals surface area contributed by atoms with Gasteiger partial charge in [-0.2, -0.15) is 13.2 Å². The third kappa shape index (κ3) is 4.07. The highest BCUT2D eigenvalue weighted by molar-refractivity contribution is 8.18. The highest BCUT2D eigenvalue weighted by Crippen LogP contribution is 2.38. The van der Waals surface area contributed by atoms with Crippen LogP contribution >= 0.6 is 11.8 Å². The van der Waals surface area contributed by atoms with Crippen LogP contribution in [0.2, 0.25) is 0 Å². The van der Waals surface area contributed by atoms with E-state index in [1.165, 1.54) is 24.0 Å². The van der Waals surface area contributed by atoms with E-state index < -0.39 is 46.3 Å². The van der Waals surface area contributed by atoms with E-state index in [0.29, 0.717) is 17.3 Å². The minimum atomic E-state index is -4.65. The Labute approximate surface area is 174 Å². The summed E-state index contributed by atoms with van der Waals surface area (Å²) in [6, 6.07) is 3.50. The molecule has 1 atom stereocenters. The van der Waals surface area contributed by atoms with Crippen molar-refractivity contribution in [1.82, 2.24) is 9.80 Å². The van der Waals surface area contributed by atoms with Crippen LogP contribution in [-0.2, 0) is 15.8 Å². The Morgan fingerprint density at radius 3 is 2.30 bits per heavy atom. The summed E-state index contributed by atoms with van der Waals surface area (Å²) in [4.78, 5) is 51.0. The molecule has 0 radical (unpaired) electrons. The second-order valence-electron chi connectivity index (χ2n) is 6.89. The molecular formula is C19H18F3N3O4S. The summed E-state index contributed by atoms with van der Waals surface area (Å²) < 4.78 is 39.6. The van der Waals surface area contributed by atoms with Crippen molar-refractivity contribution < 1.29 is 32.3 Å². The maximum absolute atomic E-state index is 13.2. The van der Waals surface area contributed by atoms with E-state index in [1.54, 1.807) is 0 Å². The van der Waals surface area contributed by atoms with E-state index in [9.17, 15) is 32.3 Å². The number of likely N-dealkylation sites (tertiary alicyclic amines) is 1. The molecule has 2 fully saturated rings. The Bertz CT molecular complexity index is 951. The van der Waals surface area contributed by atoms with Gasteiger partial charge in [0.1, 0.15) is 6.04 Å². The molecule has 3 rings (SSSR count). The molecule has 1 aromatic rings. The first kappa shape index (κ1) is 21.9. The summed E-state index contributed by atoms with van der Waals surface area (Å²) in [7, 11) is 0. The molecule has 2 saturated heterocycles. The van der Waals surface area contributed by atoms with Crippen molar-refractivity contribution in [1.29, 1.82) is 0 Å². The van der Waals surface area contributed by atoms with Crippen LogP contribution in [0.1, 0.15) is 35.7 Å². The number of amides is 4. The van der Waals surface area contributed by atoms with E-state index in [-0.39, 0.29) is 30.8 Å². The molecule has 7 nitrogen and oxygen atoms in total. The molecule has 160 valence electrons. The number of nitrogens with two attached hydrogens (primary N) is 1. The minimum absolute atomic E-state index is 0.108. The van der Waals surface area contributed by atoms with E-state index in [1.807, 2.05) is 0 Å². The highest BCUT2D eigenvalue weighted by atomic mass is 32.2. The molecule has 0 saturated carbocycles. The van der Waals surface area contributed by atoms with Crippen molar-refractivity contribution >= 4 is 34.7 Å². The zero-order chi connectivity index (χ0) is 22.2. The third-order valence-corrected chi connectivity index (χ3v) is 6.08. The highest BCUT2D eigenvalue weighted by Gasteiger charge is 2.42. The smallest absolute Gasteiger partial charge is 0.368 e. The number of imide groups is 1. The maximum atomic E-state index is 13.2. The quantitative estimate of drug-likeness (QED) is 0.727. The third-order valence-electron chi connectivity index (χ3n) is 5.04. The molecule has 0 aliphatic carbocycles. The second-order valence-corrected chi connectivity index (χ2v) is 7.85. The van der Waals surface area contributed by atoms with Gasteiger partial charge in [-0.05, 0) is 49.2 Å². The van der Waals surface area contributed by atoms with E-state index in [4.69, 9.17) is 5.73 Å². The molecule has 0 spiro atoms. The summed E-state index contributed by atoms with van der Waals surface area (Å²) >= 11 is 0.703. The number of hydrogen-bond acceptors (Lipinski definition) is 5. The van der Waals surface area contributed by atoms with Gasteiger partial charge in [0, 0.05) is 13.1 Å². The van der Waals surface area contributed by atoms with Crippen molar-refractivity contribution in [3.8, 4) is 0 Å². The summed E-state index contributed by atoms with van der Waals surface area (Å²) in [6.45, 7) is 1.57. The van der Waals surface area contributed by atoms with Crippen LogP contribution < -0.4 is 5.73 Å². The number of piperidine rings is 1. The maximum Gasteiger partial charge on any atom is 0.417 e. The normalized spacial score (nSPS) is 18.8. The molecule has 0 bridgehead atoms. The fourth-order valence-corrected chi connectivity index (χ4v) is 4.40. The average molecular weight is 441 g/mol. The summed E-state index contributed by atoms with van der Waals surface area (Å²) in [5.41, 5.74) is 4.38. The Balaban J connectivity index is 1.76. The average Bonchev–Trinajstić information content (AvgIpc) is 3.00. The molecule has 11 heteroatoms. The van der Waals surface area contributed by atoms with Crippen molar-refractivity contribution in [3.63, 3.8) is 0 Å². The number of carbonyl (C=O) groups is 4. The molecule has 2 heterocycles. The van der Waals surface area contributed by atoms with Gasteiger partial charge in [0.2, 0.25) is 5.91 Å². The lowest BCUT2D eigenvalue weighted by Crippen LogP contribution is -2.45. The first-order valence-electron chi connectivity index (χ1n) is 9.04. The van der Waals surface area contributed by atoms with Gasteiger partial charge in [0.25, 0.3) is 17.1 Å². The van der Waals surface area contributed by atoms with Crippen LogP contribution in [0.25, 0.3) is 0 Å². The Morgan fingerprint density at radius 1 is 1.13 bits per heavy atom. The van der Waals surface area contributed by atoms with Crippen LogP contribution in [0.5, 0.6) is 0 Å². The van der Waals surface area contributed by atoms with Gasteiger partial charge in [-0.15, -0.1) is 0 Å². The molecule has 2 aliphatic heterocycles. The second kappa shape index (κ2) is 8.13. The monoisotopic (exact) mass is 441 g/mol. The lowest BCUT2D eigenvalue weighted by atomic mass is 10.0. The fourth-order valence-electron chi connectivity index (χ4n) is 3.35. The number of hydrogen-bond donors (Lipinski definition) is 1. The molecule has 2 N–H and O–H groups in total. The van der Waals surface area contributed by atoms with Gasteiger partial charge >= 0.3 is 6.18 Å². The summed E-state index contributed by atoms with van der Waals surface area (Å²) in [6.07, 6.45) is -4.18. The van der Waals surface area contributed by atoms with Gasteiger partial charge in [0.05, 0.1) is 16.0 Å². The Morgan fingerprint density at radius 2 is 1.73 bits per heavy atom. The summed E-state index contributed by atoms with van der Waals surface area (Å²) in [5, 5.41) is -0.605. The van der Waals surface area contributed by atoms with Crippen molar-refractivity contribution in [3.05, 3.63) is 45.9 Å². The first-order valence-corrected chi connectivity index (χ1v) is 9.86. The fraction of sp³-hybridized carbons (Fsp3) is 0.368. The van der Waals surface area contributed by atoms with Crippen LogP contribution in [0.3, 0.4) is 0 Å². The number of carbonyl (C=O) groups excluding carboxylic acids is 4. The van der Waals surface area contributed by atoms with Crippen molar-refractivity contribution in [2.45, 2.75) is 32.0 Å². The standard InChI is InChI=1S/C19H18F3N3O4S/c1-10(15(23)26)25-17(28)14(30-18(25)29)11-6-8-24(9-7-11)16(27)12-4-2-3-5-13(12)19(20,21)22/h2-5,10H,6-9H2,1H3,(H2,23,26). The molecular weight excluding hydrogens is 423 g/mol. The SMILES string of the molecule is CC(C(N)=O)N1C(=O)SC(=C2CCN(C(=O)c3ccccc3C(F)(F)F)CC2)C1=O. The van der Waals surface area contributed by atoms with Gasteiger partial charge in [-0.25, -0.2) is 0 Å². The number of nitrogens with zero attached hydrogens (tertiary/aromatic N) is 2. The van der Waals surface area contributed by atoms with Gasteiger partial charge in [-0.1, -0.05) is 12.1 Å². The number of alkyl halides is 3. The predicted octanol–water partition coefficient (Wildman–Crippen LogP) is 2.76. The van der Waals surface area contributed by atoms with Crippen molar-refractivity contribution in [2.75, 3.05) is 13.1 Å². The summed E-state index contributed by atoms with van der Waals surface area (Å²) in [5.74, 6) is -2.17. The number of rotatable bonds is 3. The number of benzene rings is 1. The number of thioether (sulfide) groups is 1. The lowest BCUT2D eigenvalue weighted by Gasteiger charge is -2.30. The van der Waals surface area contributed by atoms with Crippen molar-refractivity contribution in [2.24, 2.45) is 5.73 Å². The van der Waals surface area contributed by atoms with Crippen LogP contribution in [0, 0.1) is 0 Å². The molecule has 0 aromatic heterocycles. The topological polar surface area (TPSA) is 101 Å².